The van der Waals surface area contributed by atoms with E-state index in [1.807, 2.05) is 54.6 Å². The van der Waals surface area contributed by atoms with E-state index in [4.69, 9.17) is 9.47 Å². The first kappa shape index (κ1) is 25.6. The van der Waals surface area contributed by atoms with Gasteiger partial charge in [0, 0.05) is 19.6 Å². The number of carbonyl (C=O) groups excluding carboxylic acids is 1. The van der Waals surface area contributed by atoms with Gasteiger partial charge in [0.25, 0.3) is 5.91 Å². The monoisotopic (exact) mass is 534 g/mol. The predicted octanol–water partition coefficient (Wildman–Crippen LogP) is 3.48. The van der Waals surface area contributed by atoms with Gasteiger partial charge in [-0.25, -0.2) is 18.6 Å². The van der Waals surface area contributed by atoms with Gasteiger partial charge in [0.15, 0.2) is 14.6 Å². The molecule has 5 rings (SSSR count). The predicted molar refractivity (Wildman–Crippen MR) is 137 cm³/mol. The van der Waals surface area contributed by atoms with Crippen LogP contribution in [0.5, 0.6) is 11.5 Å². The van der Waals surface area contributed by atoms with Crippen molar-refractivity contribution in [1.29, 1.82) is 0 Å². The second-order valence-electron chi connectivity index (χ2n) is 8.94. The van der Waals surface area contributed by atoms with E-state index in [2.05, 4.69) is 10.3 Å². The molecule has 0 radical (unpaired) electrons. The Balaban J connectivity index is 1.29. The van der Waals surface area contributed by atoms with Crippen LogP contribution in [-0.2, 0) is 25.8 Å². The summed E-state index contributed by atoms with van der Waals surface area (Å²) in [5, 5.41) is 17.6. The Morgan fingerprint density at radius 3 is 2.29 bits per heavy atom. The topological polar surface area (TPSA) is 133 Å². The van der Waals surface area contributed by atoms with Crippen LogP contribution in [0.3, 0.4) is 0 Å². The van der Waals surface area contributed by atoms with Gasteiger partial charge < -0.3 is 9.47 Å². The molecule has 1 aromatic heterocycles. The van der Waals surface area contributed by atoms with Crippen LogP contribution in [0.2, 0.25) is 0 Å². The summed E-state index contributed by atoms with van der Waals surface area (Å²) in [7, 11) is -4.10. The maximum atomic E-state index is 13.4. The number of aromatic nitrogens is 3. The molecule has 1 saturated heterocycles. The zero-order chi connectivity index (χ0) is 26.6. The molecule has 2 heterocycles. The molecule has 0 spiro atoms. The normalized spacial score (nSPS) is 15.1. The molecule has 1 aliphatic heterocycles. The Hall–Kier alpha value is -4.06. The first-order valence-corrected chi connectivity index (χ1v) is 13.5. The molecule has 1 aliphatic rings. The lowest BCUT2D eigenvalue weighted by molar-refractivity contribution is -0.134. The fourth-order valence-corrected chi connectivity index (χ4v) is 6.38. The number of rotatable bonds is 8. The molecule has 3 aromatic carbocycles. The molecular weight excluding hydrogens is 508 g/mol. The molecule has 1 fully saturated rings. The number of ether oxygens (including phenoxy) is 2. The van der Waals surface area contributed by atoms with Crippen molar-refractivity contribution in [3.8, 4) is 17.2 Å². The van der Waals surface area contributed by atoms with E-state index in [1.165, 1.54) is 17.6 Å². The standard InChI is InChI=1S/C27H26N4O6S/c32-26(29-33)27(14-16-36-17-15-27)38(34,35)25-12-8-22(9-13-25)31-19-21(28-30-31)18-20-6-10-24(11-7-20)37-23-4-2-1-3-5-23/h1-13,19,33H,14-18H2,(H,29,32). The van der Waals surface area contributed by atoms with E-state index in [1.54, 1.807) is 23.0 Å². The van der Waals surface area contributed by atoms with Gasteiger partial charge in [0.2, 0.25) is 0 Å². The van der Waals surface area contributed by atoms with Gasteiger partial charge in [0.1, 0.15) is 11.5 Å². The van der Waals surface area contributed by atoms with Gasteiger partial charge in [-0.2, -0.15) is 0 Å². The molecule has 2 N–H and O–H groups in total. The smallest absolute Gasteiger partial charge is 0.265 e. The highest BCUT2D eigenvalue weighted by Crippen LogP contribution is 2.35. The first-order chi connectivity index (χ1) is 18.4. The van der Waals surface area contributed by atoms with E-state index >= 15 is 0 Å². The van der Waals surface area contributed by atoms with E-state index in [0.29, 0.717) is 12.1 Å². The first-order valence-electron chi connectivity index (χ1n) is 12.0. The number of hydrogen-bond acceptors (Lipinski definition) is 8. The van der Waals surface area contributed by atoms with Gasteiger partial charge in [0.05, 0.1) is 22.5 Å². The minimum Gasteiger partial charge on any atom is -0.457 e. The van der Waals surface area contributed by atoms with E-state index in [-0.39, 0.29) is 31.0 Å². The van der Waals surface area contributed by atoms with Crippen molar-refractivity contribution in [2.45, 2.75) is 28.9 Å². The second-order valence-corrected chi connectivity index (χ2v) is 11.2. The number of amides is 1. The summed E-state index contributed by atoms with van der Waals surface area (Å²) >= 11 is 0. The van der Waals surface area contributed by atoms with Crippen LogP contribution in [0.4, 0.5) is 0 Å². The average Bonchev–Trinajstić information content (AvgIpc) is 3.43. The summed E-state index contributed by atoms with van der Waals surface area (Å²) in [6.45, 7) is 0.213. The molecule has 196 valence electrons. The van der Waals surface area contributed by atoms with Crippen LogP contribution < -0.4 is 10.2 Å². The lowest BCUT2D eigenvalue weighted by atomic mass is 9.98. The van der Waals surface area contributed by atoms with Gasteiger partial charge in [-0.3, -0.25) is 10.0 Å². The zero-order valence-electron chi connectivity index (χ0n) is 20.4. The van der Waals surface area contributed by atoms with Crippen molar-refractivity contribution in [3.05, 3.63) is 96.3 Å². The van der Waals surface area contributed by atoms with E-state index < -0.39 is 20.5 Å². The molecule has 0 atom stereocenters. The quantitative estimate of drug-likeness (QED) is 0.259. The minimum atomic E-state index is -4.10. The highest BCUT2D eigenvalue weighted by Gasteiger charge is 2.52. The van der Waals surface area contributed by atoms with E-state index in [0.717, 1.165) is 22.8 Å². The number of hydrogen-bond donors (Lipinski definition) is 2. The highest BCUT2D eigenvalue weighted by atomic mass is 32.2. The molecule has 1 amide bonds. The van der Waals surface area contributed by atoms with Crippen molar-refractivity contribution in [2.75, 3.05) is 13.2 Å². The molecule has 0 saturated carbocycles. The number of sulfone groups is 1. The fourth-order valence-electron chi connectivity index (χ4n) is 4.44. The fraction of sp³-hybridized carbons (Fsp3) is 0.222. The van der Waals surface area contributed by atoms with Crippen LogP contribution in [0.1, 0.15) is 24.1 Å². The summed E-state index contributed by atoms with van der Waals surface area (Å²) in [6, 6.07) is 23.3. The van der Waals surface area contributed by atoms with E-state index in [9.17, 15) is 18.4 Å². The van der Waals surface area contributed by atoms with Crippen molar-refractivity contribution < 1.29 is 27.9 Å². The van der Waals surface area contributed by atoms with Crippen LogP contribution >= 0.6 is 0 Å². The van der Waals surface area contributed by atoms with Crippen LogP contribution in [0, 0.1) is 0 Å². The Morgan fingerprint density at radius 1 is 0.974 bits per heavy atom. The third-order valence-corrected chi connectivity index (χ3v) is 9.09. The molecule has 10 nitrogen and oxygen atoms in total. The Bertz CT molecular complexity index is 1500. The molecule has 11 heteroatoms. The molecule has 0 aliphatic carbocycles. The molecule has 38 heavy (non-hydrogen) atoms. The van der Waals surface area contributed by atoms with Gasteiger partial charge >= 0.3 is 0 Å². The summed E-state index contributed by atoms with van der Waals surface area (Å²) in [6.07, 6.45) is 2.24. The van der Waals surface area contributed by atoms with Crippen LogP contribution in [-0.4, -0.2) is 52.5 Å². The van der Waals surface area contributed by atoms with Crippen LogP contribution in [0.15, 0.2) is 90.0 Å². The zero-order valence-corrected chi connectivity index (χ0v) is 21.2. The maximum absolute atomic E-state index is 13.4. The van der Waals surface area contributed by atoms with Crippen molar-refractivity contribution >= 4 is 15.7 Å². The van der Waals surface area contributed by atoms with Crippen molar-refractivity contribution in [1.82, 2.24) is 20.5 Å². The number of carbonyl (C=O) groups is 1. The number of para-hydroxylation sites is 1. The summed E-state index contributed by atoms with van der Waals surface area (Å²) in [5.74, 6) is 0.546. The Kier molecular flexibility index (Phi) is 7.23. The second kappa shape index (κ2) is 10.7. The number of nitrogens with one attached hydrogen (secondary N) is 1. The number of hydroxylamine groups is 1. The SMILES string of the molecule is O=C(NO)C1(S(=O)(=O)c2ccc(-n3cc(Cc4ccc(Oc5ccccc5)cc4)nn3)cc2)CCOCC1. The van der Waals surface area contributed by atoms with Crippen LogP contribution in [0.25, 0.3) is 5.69 Å². The molecule has 0 unspecified atom stereocenters. The molecular formula is C27H26N4O6S. The summed E-state index contributed by atoms with van der Waals surface area (Å²) < 4.78 is 37.7. The molecule has 4 aromatic rings. The minimum absolute atomic E-state index is 0.0232. The molecule has 0 bridgehead atoms. The average molecular weight is 535 g/mol. The highest BCUT2D eigenvalue weighted by molar-refractivity contribution is 7.93. The number of nitrogens with zero attached hydrogens (tertiary/aromatic N) is 3. The summed E-state index contributed by atoms with van der Waals surface area (Å²) in [5.41, 5.74) is 3.90. The summed E-state index contributed by atoms with van der Waals surface area (Å²) in [4.78, 5) is 12.4. The maximum Gasteiger partial charge on any atom is 0.265 e. The Labute approximate surface area is 219 Å². The lowest BCUT2D eigenvalue weighted by Gasteiger charge is -2.34. The third-order valence-electron chi connectivity index (χ3n) is 6.57. The van der Waals surface area contributed by atoms with Gasteiger partial charge in [-0.15, -0.1) is 5.10 Å². The van der Waals surface area contributed by atoms with Crippen molar-refractivity contribution in [3.63, 3.8) is 0 Å². The Morgan fingerprint density at radius 2 is 1.63 bits per heavy atom. The lowest BCUT2D eigenvalue weighted by Crippen LogP contribution is -2.54. The van der Waals surface area contributed by atoms with Gasteiger partial charge in [-0.05, 0) is 66.9 Å². The van der Waals surface area contributed by atoms with Gasteiger partial charge in [-0.1, -0.05) is 35.5 Å². The largest absolute Gasteiger partial charge is 0.457 e. The third kappa shape index (κ3) is 5.03. The van der Waals surface area contributed by atoms with Crippen molar-refractivity contribution in [2.24, 2.45) is 0 Å². The number of benzene rings is 3.